The zero-order valence-electron chi connectivity index (χ0n) is 11.5. The maximum atomic E-state index is 9.13. The summed E-state index contributed by atoms with van der Waals surface area (Å²) in [5, 5.41) is 17.1. The van der Waals surface area contributed by atoms with Crippen molar-refractivity contribution < 1.29 is 0 Å². The van der Waals surface area contributed by atoms with Crippen LogP contribution in [-0.2, 0) is 0 Å². The van der Waals surface area contributed by atoms with Gasteiger partial charge in [0.25, 0.3) is 0 Å². The molecule has 0 atom stereocenters. The average Bonchev–Trinajstić information content (AvgIpc) is 2.56. The van der Waals surface area contributed by atoms with Crippen molar-refractivity contribution in [2.45, 2.75) is 0 Å². The molecule has 0 saturated carbocycles. The van der Waals surface area contributed by atoms with Crippen molar-refractivity contribution in [3.63, 3.8) is 0 Å². The minimum Gasteiger partial charge on any atom is -0.397 e. The van der Waals surface area contributed by atoms with E-state index >= 15 is 0 Å². The molecule has 7 nitrogen and oxygen atoms in total. The van der Waals surface area contributed by atoms with Crippen LogP contribution in [0.2, 0.25) is 0 Å². The summed E-state index contributed by atoms with van der Waals surface area (Å²) in [6.45, 7) is 3.19. The standard InChI is InChI=1S/C14H15N7/c15-9-11-3-4-18-19-14(11)21-7-5-20(6-8-21)13-2-1-12(16)10-17-13/h1-4,10H,5-8,16H2. The van der Waals surface area contributed by atoms with Crippen LogP contribution in [-0.4, -0.2) is 41.4 Å². The van der Waals surface area contributed by atoms with E-state index in [0.29, 0.717) is 17.1 Å². The van der Waals surface area contributed by atoms with Crippen molar-refractivity contribution in [1.82, 2.24) is 15.2 Å². The van der Waals surface area contributed by atoms with Gasteiger partial charge in [0.1, 0.15) is 11.9 Å². The summed E-state index contributed by atoms with van der Waals surface area (Å²) in [6, 6.07) is 7.63. The largest absolute Gasteiger partial charge is 0.397 e. The smallest absolute Gasteiger partial charge is 0.169 e. The van der Waals surface area contributed by atoms with Crippen molar-refractivity contribution in [1.29, 1.82) is 5.26 Å². The van der Waals surface area contributed by atoms with Gasteiger partial charge in [0.15, 0.2) is 5.82 Å². The summed E-state index contributed by atoms with van der Waals surface area (Å²) in [5.41, 5.74) is 6.87. The van der Waals surface area contributed by atoms with Crippen LogP contribution < -0.4 is 15.5 Å². The first kappa shape index (κ1) is 13.1. The molecule has 2 aromatic heterocycles. The van der Waals surface area contributed by atoms with E-state index in [1.165, 1.54) is 6.20 Å². The van der Waals surface area contributed by atoms with Gasteiger partial charge < -0.3 is 15.5 Å². The first-order chi connectivity index (χ1) is 10.3. The highest BCUT2D eigenvalue weighted by molar-refractivity contribution is 5.54. The molecule has 2 N–H and O–H groups in total. The molecule has 0 radical (unpaired) electrons. The van der Waals surface area contributed by atoms with E-state index in [-0.39, 0.29) is 0 Å². The molecule has 0 unspecified atom stereocenters. The average molecular weight is 281 g/mol. The Morgan fingerprint density at radius 2 is 1.86 bits per heavy atom. The maximum absolute atomic E-state index is 9.13. The third-order valence-electron chi connectivity index (χ3n) is 3.50. The van der Waals surface area contributed by atoms with Gasteiger partial charge >= 0.3 is 0 Å². The summed E-state index contributed by atoms with van der Waals surface area (Å²) in [6.07, 6.45) is 3.20. The Kier molecular flexibility index (Phi) is 3.51. The molecule has 1 aliphatic heterocycles. The quantitative estimate of drug-likeness (QED) is 0.863. The van der Waals surface area contributed by atoms with Gasteiger partial charge in [-0.15, -0.1) is 5.10 Å². The number of nitrogen functional groups attached to an aromatic ring is 1. The Bertz CT molecular complexity index is 654. The number of piperazine rings is 1. The Morgan fingerprint density at radius 3 is 2.52 bits per heavy atom. The number of nitrogens with zero attached hydrogens (tertiary/aromatic N) is 6. The van der Waals surface area contributed by atoms with Crippen LogP contribution in [0.1, 0.15) is 5.56 Å². The van der Waals surface area contributed by atoms with E-state index < -0.39 is 0 Å². The van der Waals surface area contributed by atoms with Crippen molar-refractivity contribution in [3.8, 4) is 6.07 Å². The van der Waals surface area contributed by atoms with Crippen LogP contribution in [0.5, 0.6) is 0 Å². The number of pyridine rings is 1. The van der Waals surface area contributed by atoms with Gasteiger partial charge in [-0.05, 0) is 18.2 Å². The highest BCUT2D eigenvalue weighted by atomic mass is 15.3. The SMILES string of the molecule is N#Cc1ccnnc1N1CCN(c2ccc(N)cn2)CC1. The predicted molar refractivity (Wildman–Crippen MR) is 79.8 cm³/mol. The molecule has 2 aromatic rings. The fourth-order valence-corrected chi connectivity index (χ4v) is 2.38. The zero-order valence-corrected chi connectivity index (χ0v) is 11.5. The predicted octanol–water partition coefficient (Wildman–Crippen LogP) is 0.652. The molecule has 0 amide bonds. The van der Waals surface area contributed by atoms with Gasteiger partial charge in [0.05, 0.1) is 23.6 Å². The molecule has 0 aliphatic carbocycles. The second-order valence-electron chi connectivity index (χ2n) is 4.80. The van der Waals surface area contributed by atoms with E-state index in [9.17, 15) is 0 Å². The highest BCUT2D eigenvalue weighted by Gasteiger charge is 2.21. The molecule has 3 rings (SSSR count). The van der Waals surface area contributed by atoms with Crippen molar-refractivity contribution in [2.24, 2.45) is 0 Å². The topological polar surface area (TPSA) is 95.0 Å². The summed E-state index contributed by atoms with van der Waals surface area (Å²) < 4.78 is 0. The van der Waals surface area contributed by atoms with Gasteiger partial charge in [-0.1, -0.05) is 0 Å². The lowest BCUT2D eigenvalue weighted by Gasteiger charge is -2.36. The lowest BCUT2D eigenvalue weighted by atomic mass is 10.2. The van der Waals surface area contributed by atoms with Crippen molar-refractivity contribution in [3.05, 3.63) is 36.2 Å². The number of hydrogen-bond acceptors (Lipinski definition) is 7. The van der Waals surface area contributed by atoms with Crippen molar-refractivity contribution in [2.75, 3.05) is 41.7 Å². The summed E-state index contributed by atoms with van der Waals surface area (Å²) in [5.74, 6) is 1.58. The van der Waals surface area contributed by atoms with Crippen LogP contribution in [0.4, 0.5) is 17.3 Å². The van der Waals surface area contributed by atoms with E-state index in [1.807, 2.05) is 12.1 Å². The van der Waals surface area contributed by atoms with Gasteiger partial charge in [-0.25, -0.2) is 4.98 Å². The van der Waals surface area contributed by atoms with Crippen LogP contribution in [0.15, 0.2) is 30.6 Å². The minimum absolute atomic E-state index is 0.559. The zero-order chi connectivity index (χ0) is 14.7. The normalized spacial score (nSPS) is 14.8. The Labute approximate surface area is 122 Å². The van der Waals surface area contributed by atoms with Crippen molar-refractivity contribution >= 4 is 17.3 Å². The van der Waals surface area contributed by atoms with Crippen LogP contribution in [0.25, 0.3) is 0 Å². The van der Waals surface area contributed by atoms with E-state index in [1.54, 1.807) is 12.3 Å². The van der Waals surface area contributed by atoms with Crippen LogP contribution in [0.3, 0.4) is 0 Å². The maximum Gasteiger partial charge on any atom is 0.169 e. The molecule has 21 heavy (non-hydrogen) atoms. The molecular weight excluding hydrogens is 266 g/mol. The summed E-state index contributed by atoms with van der Waals surface area (Å²) in [4.78, 5) is 8.61. The minimum atomic E-state index is 0.559. The molecular formula is C14H15N7. The summed E-state index contributed by atoms with van der Waals surface area (Å²) in [7, 11) is 0. The molecule has 1 saturated heterocycles. The molecule has 0 spiro atoms. The Balaban J connectivity index is 1.70. The molecule has 106 valence electrons. The molecule has 0 aromatic carbocycles. The van der Waals surface area contributed by atoms with E-state index in [4.69, 9.17) is 11.0 Å². The fraction of sp³-hybridized carbons (Fsp3) is 0.286. The molecule has 7 heteroatoms. The number of hydrogen-bond donors (Lipinski definition) is 1. The lowest BCUT2D eigenvalue weighted by molar-refractivity contribution is 0.637. The van der Waals surface area contributed by atoms with Gasteiger partial charge in [-0.3, -0.25) is 0 Å². The summed E-state index contributed by atoms with van der Waals surface area (Å²) >= 11 is 0. The number of nitrogens with two attached hydrogens (primary N) is 1. The van der Waals surface area contributed by atoms with Crippen LogP contribution in [0, 0.1) is 11.3 Å². The van der Waals surface area contributed by atoms with E-state index in [0.717, 1.165) is 32.0 Å². The monoisotopic (exact) mass is 281 g/mol. The third-order valence-corrected chi connectivity index (χ3v) is 3.50. The molecule has 1 fully saturated rings. The number of rotatable bonds is 2. The first-order valence-corrected chi connectivity index (χ1v) is 6.71. The second kappa shape index (κ2) is 5.63. The third kappa shape index (κ3) is 2.69. The number of nitriles is 1. The van der Waals surface area contributed by atoms with Gasteiger partial charge in [0, 0.05) is 26.2 Å². The number of aromatic nitrogens is 3. The van der Waals surface area contributed by atoms with Gasteiger partial charge in [-0.2, -0.15) is 10.4 Å². The number of anilines is 3. The first-order valence-electron chi connectivity index (χ1n) is 6.71. The highest BCUT2D eigenvalue weighted by Crippen LogP contribution is 2.20. The molecule has 0 bridgehead atoms. The molecule has 1 aliphatic rings. The van der Waals surface area contributed by atoms with Crippen LogP contribution >= 0.6 is 0 Å². The van der Waals surface area contributed by atoms with E-state index in [2.05, 4.69) is 31.1 Å². The molecule has 3 heterocycles. The second-order valence-corrected chi connectivity index (χ2v) is 4.80. The fourth-order valence-electron chi connectivity index (χ4n) is 2.38. The Hall–Kier alpha value is -2.88. The van der Waals surface area contributed by atoms with Gasteiger partial charge in [0.2, 0.25) is 0 Å². The Morgan fingerprint density at radius 1 is 1.10 bits per heavy atom. The lowest BCUT2D eigenvalue weighted by Crippen LogP contribution is -2.47.